The Morgan fingerprint density at radius 2 is 2.00 bits per heavy atom. The van der Waals surface area contributed by atoms with E-state index in [2.05, 4.69) is 21.1 Å². The van der Waals surface area contributed by atoms with Crippen molar-refractivity contribution in [2.45, 2.75) is 43.4 Å². The molecule has 0 fully saturated rings. The Hall–Kier alpha value is -1.90. The van der Waals surface area contributed by atoms with E-state index in [1.807, 2.05) is 0 Å². The zero-order chi connectivity index (χ0) is 20.0. The molecule has 0 bridgehead atoms. The molecule has 0 unspecified atom stereocenters. The second-order valence-electron chi connectivity index (χ2n) is 6.59. The summed E-state index contributed by atoms with van der Waals surface area (Å²) >= 11 is 6.93. The van der Waals surface area contributed by atoms with Crippen LogP contribution < -0.4 is 10.0 Å². The first-order valence-electron chi connectivity index (χ1n) is 9.10. The van der Waals surface area contributed by atoms with Crippen molar-refractivity contribution in [3.05, 3.63) is 52.0 Å². The van der Waals surface area contributed by atoms with Crippen molar-refractivity contribution in [2.24, 2.45) is 0 Å². The minimum absolute atomic E-state index is 0.100. The summed E-state index contributed by atoms with van der Waals surface area (Å²) in [5, 5.41) is 5.27. The van der Waals surface area contributed by atoms with Crippen LogP contribution in [-0.4, -0.2) is 25.9 Å². The summed E-state index contributed by atoms with van der Waals surface area (Å²) in [5.41, 5.74) is 1.95. The molecule has 9 heteroatoms. The van der Waals surface area contributed by atoms with Gasteiger partial charge in [0.05, 0.1) is 17.0 Å². The number of amides is 1. The summed E-state index contributed by atoms with van der Waals surface area (Å²) in [6, 6.07) is 5.87. The van der Waals surface area contributed by atoms with E-state index in [4.69, 9.17) is 11.6 Å². The van der Waals surface area contributed by atoms with Gasteiger partial charge in [0.15, 0.2) is 5.13 Å². The molecule has 0 aliphatic heterocycles. The molecule has 2 aromatic rings. The van der Waals surface area contributed by atoms with E-state index >= 15 is 0 Å². The molecular weight excluding hydrogens is 418 g/mol. The predicted molar refractivity (Wildman–Crippen MR) is 112 cm³/mol. The van der Waals surface area contributed by atoms with Crippen LogP contribution >= 0.6 is 22.9 Å². The maximum atomic E-state index is 12.4. The van der Waals surface area contributed by atoms with Crippen molar-refractivity contribution >= 4 is 44.0 Å². The van der Waals surface area contributed by atoms with Crippen molar-refractivity contribution in [3.63, 3.8) is 0 Å². The lowest BCUT2D eigenvalue weighted by atomic mass is 9.97. The van der Waals surface area contributed by atoms with E-state index in [0.29, 0.717) is 17.3 Å². The zero-order valence-corrected chi connectivity index (χ0v) is 17.7. The normalized spacial score (nSPS) is 14.4. The van der Waals surface area contributed by atoms with Crippen molar-refractivity contribution in [3.8, 4) is 0 Å². The summed E-state index contributed by atoms with van der Waals surface area (Å²) in [5.74, 6) is -0.117. The number of sulfonamides is 1. The van der Waals surface area contributed by atoms with Gasteiger partial charge in [-0.2, -0.15) is 0 Å². The first kappa shape index (κ1) is 20.8. The van der Waals surface area contributed by atoms with E-state index in [-0.39, 0.29) is 22.4 Å². The number of hydrogen-bond acceptors (Lipinski definition) is 5. The monoisotopic (exact) mass is 439 g/mol. The van der Waals surface area contributed by atoms with Gasteiger partial charge in [0.25, 0.3) is 10.0 Å². The molecule has 1 aliphatic carbocycles. The lowest BCUT2D eigenvalue weighted by Gasteiger charge is -2.12. The van der Waals surface area contributed by atoms with Gasteiger partial charge in [0, 0.05) is 16.9 Å². The van der Waals surface area contributed by atoms with E-state index in [9.17, 15) is 13.2 Å². The second-order valence-corrected chi connectivity index (χ2v) is 9.57. The van der Waals surface area contributed by atoms with Gasteiger partial charge in [-0.25, -0.2) is 13.4 Å². The van der Waals surface area contributed by atoms with Crippen LogP contribution in [0.2, 0.25) is 5.02 Å². The summed E-state index contributed by atoms with van der Waals surface area (Å²) in [4.78, 5) is 16.4. The molecule has 28 heavy (non-hydrogen) atoms. The van der Waals surface area contributed by atoms with E-state index in [1.54, 1.807) is 5.38 Å². The van der Waals surface area contributed by atoms with Gasteiger partial charge in [-0.1, -0.05) is 23.3 Å². The molecule has 2 N–H and O–H groups in total. The van der Waals surface area contributed by atoms with Crippen LogP contribution in [0.25, 0.3) is 0 Å². The standard InChI is InChI=1S/C19H22ClN3O3S2/c20-15-6-8-17(9-7-15)28(25,26)23-19-22-16(13-27-19)12-18(24)21-11-10-14-4-2-1-3-5-14/h4,6-9,13H,1-3,5,10-12H2,(H,21,24)(H,22,23). The highest BCUT2D eigenvalue weighted by molar-refractivity contribution is 7.93. The number of rotatable bonds is 8. The minimum Gasteiger partial charge on any atom is -0.355 e. The number of hydrogen-bond donors (Lipinski definition) is 2. The molecule has 0 spiro atoms. The number of nitrogens with one attached hydrogen (secondary N) is 2. The van der Waals surface area contributed by atoms with E-state index in [0.717, 1.165) is 30.6 Å². The smallest absolute Gasteiger partial charge is 0.263 e. The highest BCUT2D eigenvalue weighted by Gasteiger charge is 2.17. The van der Waals surface area contributed by atoms with Crippen LogP contribution in [0.15, 0.2) is 46.2 Å². The fraction of sp³-hybridized carbons (Fsp3) is 0.368. The molecule has 1 aliphatic rings. The van der Waals surface area contributed by atoms with E-state index < -0.39 is 10.0 Å². The molecule has 150 valence electrons. The van der Waals surface area contributed by atoms with Crippen LogP contribution in [-0.2, 0) is 21.2 Å². The number of carbonyl (C=O) groups excluding carboxylic acids is 1. The third kappa shape index (κ3) is 6.05. The van der Waals surface area contributed by atoms with Crippen LogP contribution in [0.4, 0.5) is 5.13 Å². The number of nitrogens with zero attached hydrogens (tertiary/aromatic N) is 1. The Bertz CT molecular complexity index is 953. The Morgan fingerprint density at radius 1 is 1.21 bits per heavy atom. The maximum Gasteiger partial charge on any atom is 0.263 e. The number of allylic oxidation sites excluding steroid dienone is 1. The van der Waals surface area contributed by atoms with Gasteiger partial charge in [-0.05, 0) is 56.4 Å². The van der Waals surface area contributed by atoms with Gasteiger partial charge in [-0.3, -0.25) is 9.52 Å². The van der Waals surface area contributed by atoms with Crippen molar-refractivity contribution in [1.29, 1.82) is 0 Å². The summed E-state index contributed by atoms with van der Waals surface area (Å²) in [6.07, 6.45) is 8.02. The molecule has 0 atom stereocenters. The molecule has 6 nitrogen and oxygen atoms in total. The van der Waals surface area contributed by atoms with Gasteiger partial charge in [-0.15, -0.1) is 11.3 Å². The Labute approximate surface area is 174 Å². The number of anilines is 1. The van der Waals surface area contributed by atoms with Crippen LogP contribution in [0, 0.1) is 0 Å². The SMILES string of the molecule is O=C(Cc1csc(NS(=O)(=O)c2ccc(Cl)cc2)n1)NCCC1=CCCCC1. The van der Waals surface area contributed by atoms with E-state index in [1.165, 1.54) is 42.7 Å². The van der Waals surface area contributed by atoms with Crippen LogP contribution in [0.5, 0.6) is 0 Å². The zero-order valence-electron chi connectivity index (χ0n) is 15.3. The molecule has 0 radical (unpaired) electrons. The predicted octanol–water partition coefficient (Wildman–Crippen LogP) is 4.15. The van der Waals surface area contributed by atoms with Crippen LogP contribution in [0.1, 0.15) is 37.8 Å². The fourth-order valence-corrected chi connectivity index (χ4v) is 5.03. The maximum absolute atomic E-state index is 12.4. The largest absolute Gasteiger partial charge is 0.355 e. The molecule has 3 rings (SSSR count). The first-order valence-corrected chi connectivity index (χ1v) is 11.8. The lowest BCUT2D eigenvalue weighted by molar-refractivity contribution is -0.120. The third-order valence-electron chi connectivity index (χ3n) is 4.39. The van der Waals surface area contributed by atoms with Crippen molar-refractivity contribution in [1.82, 2.24) is 10.3 Å². The molecule has 0 saturated heterocycles. The summed E-state index contributed by atoms with van der Waals surface area (Å²) < 4.78 is 27.2. The number of halogens is 1. The minimum atomic E-state index is -3.74. The highest BCUT2D eigenvalue weighted by atomic mass is 35.5. The van der Waals surface area contributed by atoms with Gasteiger partial charge in [0.2, 0.25) is 5.91 Å². The van der Waals surface area contributed by atoms with Crippen molar-refractivity contribution in [2.75, 3.05) is 11.3 Å². The molecule has 1 amide bonds. The number of carbonyl (C=O) groups is 1. The Balaban J connectivity index is 1.50. The average Bonchev–Trinajstić information content (AvgIpc) is 3.09. The topological polar surface area (TPSA) is 88.2 Å². The molecule has 1 aromatic heterocycles. The summed E-state index contributed by atoms with van der Waals surface area (Å²) in [7, 11) is -3.74. The molecular formula is C19H22ClN3O3S2. The fourth-order valence-electron chi connectivity index (χ4n) is 2.94. The van der Waals surface area contributed by atoms with Crippen molar-refractivity contribution < 1.29 is 13.2 Å². The Kier molecular flexibility index (Phi) is 7.09. The number of thiazole rings is 1. The molecule has 0 saturated carbocycles. The van der Waals surface area contributed by atoms with Gasteiger partial charge >= 0.3 is 0 Å². The lowest BCUT2D eigenvalue weighted by Crippen LogP contribution is -2.26. The second kappa shape index (κ2) is 9.54. The Morgan fingerprint density at radius 3 is 2.71 bits per heavy atom. The molecule has 1 heterocycles. The molecule has 1 aromatic carbocycles. The number of aromatic nitrogens is 1. The van der Waals surface area contributed by atoms with Gasteiger partial charge in [0.1, 0.15) is 0 Å². The summed E-state index contributed by atoms with van der Waals surface area (Å²) in [6.45, 7) is 0.616. The average molecular weight is 440 g/mol. The third-order valence-corrected chi connectivity index (χ3v) is 6.93. The quantitative estimate of drug-likeness (QED) is 0.605. The van der Waals surface area contributed by atoms with Crippen LogP contribution in [0.3, 0.4) is 0 Å². The first-order chi connectivity index (χ1) is 13.4. The van der Waals surface area contributed by atoms with Gasteiger partial charge < -0.3 is 5.32 Å². The highest BCUT2D eigenvalue weighted by Crippen LogP contribution is 2.22. The number of benzene rings is 1.